The van der Waals surface area contributed by atoms with E-state index in [1.54, 1.807) is 0 Å². The van der Waals surface area contributed by atoms with E-state index in [0.29, 0.717) is 0 Å². The number of fused-ring (bicyclic) bond motifs is 10. The van der Waals surface area contributed by atoms with Gasteiger partial charge in [0.05, 0.1) is 11.0 Å². The third-order valence-corrected chi connectivity index (χ3v) is 13.6. The van der Waals surface area contributed by atoms with E-state index in [1.165, 1.54) is 132 Å². The van der Waals surface area contributed by atoms with Crippen molar-refractivity contribution in [3.63, 3.8) is 0 Å². The molecule has 0 radical (unpaired) electrons. The summed E-state index contributed by atoms with van der Waals surface area (Å²) in [7, 11) is 0. The lowest BCUT2D eigenvalue weighted by Gasteiger charge is -2.29. The maximum Gasteiger partial charge on any atom is 0.247 e. The highest BCUT2D eigenvalue weighted by molar-refractivity contribution is 6.99. The van der Waals surface area contributed by atoms with Crippen LogP contribution in [-0.2, 0) is 0 Å². The second kappa shape index (κ2) is 12.0. The van der Waals surface area contributed by atoms with Crippen LogP contribution in [0.2, 0.25) is 0 Å². The summed E-state index contributed by atoms with van der Waals surface area (Å²) in [5, 5.41) is 5.22. The Labute approximate surface area is 340 Å². The second-order valence-corrected chi connectivity index (χ2v) is 17.2. The lowest BCUT2D eigenvalue weighted by Crippen LogP contribution is -2.57. The van der Waals surface area contributed by atoms with Crippen LogP contribution < -0.4 is 32.8 Å². The van der Waals surface area contributed by atoms with Gasteiger partial charge in [0.15, 0.2) is 0 Å². The fraction of sp³-hybridized carbons (Fsp3) is 0.111. The molecule has 4 heteroatoms. The molecule has 2 nitrogen and oxygen atoms in total. The first-order valence-corrected chi connectivity index (χ1v) is 20.8. The summed E-state index contributed by atoms with van der Waals surface area (Å²) in [6.07, 6.45) is 0. The monoisotopic (exact) mass is 740 g/mol. The molecule has 0 saturated heterocycles. The van der Waals surface area contributed by atoms with Crippen LogP contribution in [0, 0.1) is 41.5 Å². The van der Waals surface area contributed by atoms with E-state index in [0.717, 1.165) is 0 Å². The predicted octanol–water partition coefficient (Wildman–Crippen LogP) is 9.06. The smallest absolute Gasteiger partial charge is 0.247 e. The average molecular weight is 741 g/mol. The van der Waals surface area contributed by atoms with Crippen molar-refractivity contribution in [3.05, 3.63) is 179 Å². The first-order chi connectivity index (χ1) is 28.3. The van der Waals surface area contributed by atoms with E-state index in [-0.39, 0.29) is 13.4 Å². The highest BCUT2D eigenvalue weighted by Gasteiger charge is 2.36. The molecule has 2 aliphatic heterocycles. The molecule has 0 amide bonds. The van der Waals surface area contributed by atoms with Crippen LogP contribution in [0.25, 0.3) is 66.1 Å². The maximum absolute atomic E-state index is 2.54. The Bertz CT molecular complexity index is 3160. The molecule has 0 atom stereocenters. The fourth-order valence-corrected chi connectivity index (χ4v) is 11.6. The Balaban J connectivity index is 1.07. The van der Waals surface area contributed by atoms with Gasteiger partial charge in [0, 0.05) is 44.0 Å². The lowest BCUT2D eigenvalue weighted by atomic mass is 9.34. The Kier molecular flexibility index (Phi) is 6.96. The number of para-hydroxylation sites is 4. The molecule has 0 aliphatic carbocycles. The highest BCUT2D eigenvalue weighted by Crippen LogP contribution is 2.39. The predicted molar refractivity (Wildman–Crippen MR) is 251 cm³/mol. The number of aromatic nitrogens is 2. The van der Waals surface area contributed by atoms with Gasteiger partial charge < -0.3 is 9.13 Å². The molecule has 0 bridgehead atoms. The van der Waals surface area contributed by atoms with E-state index < -0.39 is 0 Å². The molecule has 0 saturated carbocycles. The molecule has 4 heterocycles. The first-order valence-electron chi connectivity index (χ1n) is 20.8. The van der Waals surface area contributed by atoms with Gasteiger partial charge >= 0.3 is 0 Å². The molecule has 0 unspecified atom stereocenters. The van der Waals surface area contributed by atoms with Crippen LogP contribution in [0.5, 0.6) is 0 Å². The van der Waals surface area contributed by atoms with Crippen molar-refractivity contribution < 1.29 is 0 Å². The summed E-state index contributed by atoms with van der Waals surface area (Å²) >= 11 is 0. The molecule has 2 aliphatic rings. The minimum atomic E-state index is 0.174. The van der Waals surface area contributed by atoms with Crippen LogP contribution in [0.3, 0.4) is 0 Å². The number of hydrogen-bond donors (Lipinski definition) is 0. The number of hydrogen-bond acceptors (Lipinski definition) is 0. The van der Waals surface area contributed by atoms with Gasteiger partial charge in [-0.25, -0.2) is 0 Å². The van der Waals surface area contributed by atoms with Crippen LogP contribution in [0.1, 0.15) is 33.4 Å². The van der Waals surface area contributed by atoms with Crippen molar-refractivity contribution in [1.29, 1.82) is 0 Å². The van der Waals surface area contributed by atoms with E-state index in [2.05, 4.69) is 196 Å². The van der Waals surface area contributed by atoms with Crippen LogP contribution in [0.4, 0.5) is 0 Å². The zero-order valence-corrected chi connectivity index (χ0v) is 33.9. The number of rotatable bonds is 3. The lowest BCUT2D eigenvalue weighted by molar-refractivity contribution is 1.19. The number of nitrogens with zero attached hydrogens (tertiary/aromatic N) is 2. The third-order valence-electron chi connectivity index (χ3n) is 13.6. The standard InChI is InChI=1S/C54H42B2N2/c1-31-25-33(3)51(34(4)26-31)55-43-15-7-9-19-49(43)57-47-23-21-37(29-41(47)39-13-11-17-45(55)53(39)57)38-22-24-48-42(30-38)40-14-12-18-46-54(40)58(48)50-20-10-8-16-44(50)56(46)52-35(5)27-32(2)28-36(52)6/h7-30H,1-6H3. The van der Waals surface area contributed by atoms with E-state index in [1.807, 2.05) is 0 Å². The molecule has 274 valence electrons. The average Bonchev–Trinajstić information content (AvgIpc) is 3.73. The second-order valence-electron chi connectivity index (χ2n) is 17.2. The van der Waals surface area contributed by atoms with Crippen molar-refractivity contribution in [2.75, 3.05) is 0 Å². The van der Waals surface area contributed by atoms with Crippen molar-refractivity contribution in [3.8, 4) is 22.5 Å². The Morgan fingerprint density at radius 3 is 1.14 bits per heavy atom. The topological polar surface area (TPSA) is 9.86 Å². The third kappa shape index (κ3) is 4.46. The number of benzene rings is 8. The molecule has 58 heavy (non-hydrogen) atoms. The summed E-state index contributed by atoms with van der Waals surface area (Å²) in [5.74, 6) is 0. The van der Waals surface area contributed by atoms with E-state index in [9.17, 15) is 0 Å². The van der Waals surface area contributed by atoms with Gasteiger partial charge in [-0.3, -0.25) is 0 Å². The maximum atomic E-state index is 2.54. The molecule has 2 aromatic heterocycles. The molecule has 0 spiro atoms. The zero-order chi connectivity index (χ0) is 39.1. The quantitative estimate of drug-likeness (QED) is 0.160. The highest BCUT2D eigenvalue weighted by atomic mass is 15.0. The summed E-state index contributed by atoms with van der Waals surface area (Å²) in [5.41, 5.74) is 26.7. The molecule has 0 N–H and O–H groups in total. The molecule has 0 fully saturated rings. The van der Waals surface area contributed by atoms with Gasteiger partial charge in [-0.15, -0.1) is 0 Å². The Morgan fingerprint density at radius 2 is 0.724 bits per heavy atom. The van der Waals surface area contributed by atoms with Gasteiger partial charge in [0.2, 0.25) is 13.4 Å². The molecular formula is C54H42B2N2. The van der Waals surface area contributed by atoms with Gasteiger partial charge in [0.25, 0.3) is 0 Å². The largest absolute Gasteiger partial charge is 0.310 e. The van der Waals surface area contributed by atoms with E-state index in [4.69, 9.17) is 0 Å². The van der Waals surface area contributed by atoms with E-state index >= 15 is 0 Å². The molecule has 12 rings (SSSR count). The van der Waals surface area contributed by atoms with Crippen LogP contribution in [-0.4, -0.2) is 22.6 Å². The summed E-state index contributed by atoms with van der Waals surface area (Å²) in [6, 6.07) is 55.8. The first kappa shape index (κ1) is 33.6. The SMILES string of the molecule is Cc1cc(C)c(B2c3ccccc3-n3c4ccc(-c5ccc6c(c5)c5cccc7c5n6-c5ccccc5B7c5c(C)cc(C)cc5C)cc4c4cccc2c43)c(C)c1. The summed E-state index contributed by atoms with van der Waals surface area (Å²) in [4.78, 5) is 0. The Hall–Kier alpha value is -6.51. The zero-order valence-electron chi connectivity index (χ0n) is 33.9. The van der Waals surface area contributed by atoms with Crippen LogP contribution >= 0.6 is 0 Å². The molecular weight excluding hydrogens is 698 g/mol. The minimum absolute atomic E-state index is 0.174. The summed E-state index contributed by atoms with van der Waals surface area (Å²) < 4.78 is 5.07. The Morgan fingerprint density at radius 1 is 0.345 bits per heavy atom. The van der Waals surface area contributed by atoms with Crippen molar-refractivity contribution >= 4 is 89.8 Å². The van der Waals surface area contributed by atoms with Crippen molar-refractivity contribution in [1.82, 2.24) is 9.13 Å². The van der Waals surface area contributed by atoms with Gasteiger partial charge in [0.1, 0.15) is 0 Å². The number of aryl methyl sites for hydroxylation is 6. The van der Waals surface area contributed by atoms with Gasteiger partial charge in [-0.2, -0.15) is 0 Å². The van der Waals surface area contributed by atoms with Crippen LogP contribution in [0.15, 0.2) is 146 Å². The molecule has 8 aromatic carbocycles. The fourth-order valence-electron chi connectivity index (χ4n) is 11.6. The van der Waals surface area contributed by atoms with Gasteiger partial charge in [-0.05, 0) is 111 Å². The minimum Gasteiger partial charge on any atom is -0.310 e. The summed E-state index contributed by atoms with van der Waals surface area (Å²) in [6.45, 7) is 13.9. The normalized spacial score (nSPS) is 12.9. The van der Waals surface area contributed by atoms with Crippen molar-refractivity contribution in [2.45, 2.75) is 41.5 Å². The molecule has 10 aromatic rings. The van der Waals surface area contributed by atoms with Crippen molar-refractivity contribution in [2.24, 2.45) is 0 Å². The van der Waals surface area contributed by atoms with Gasteiger partial charge in [-0.1, -0.05) is 154 Å².